The third-order valence-corrected chi connectivity index (χ3v) is 5.50. The molecule has 0 fully saturated rings. The topological polar surface area (TPSA) is 66.8 Å². The van der Waals surface area contributed by atoms with Gasteiger partial charge in [-0.2, -0.15) is 0 Å². The van der Waals surface area contributed by atoms with Crippen LogP contribution in [0.15, 0.2) is 23.0 Å². The van der Waals surface area contributed by atoms with Gasteiger partial charge in [0, 0.05) is 19.6 Å². The SMILES string of the molecule is COn1c(C)c(P(=O)(OC)OC)c2cc(C)ccc2c1=O. The second kappa shape index (κ2) is 5.64. The molecule has 0 saturated carbocycles. The van der Waals surface area contributed by atoms with Crippen LogP contribution in [0.2, 0.25) is 0 Å². The predicted molar refractivity (Wildman–Crippen MR) is 81.4 cm³/mol. The summed E-state index contributed by atoms with van der Waals surface area (Å²) in [6, 6.07) is 5.29. The molecule has 1 aromatic heterocycles. The van der Waals surface area contributed by atoms with Crippen LogP contribution < -0.4 is 15.7 Å². The van der Waals surface area contributed by atoms with Crippen molar-refractivity contribution in [3.8, 4) is 0 Å². The Balaban J connectivity index is 3.08. The zero-order chi connectivity index (χ0) is 15.8. The molecule has 6 nitrogen and oxygen atoms in total. The summed E-state index contributed by atoms with van der Waals surface area (Å²) in [4.78, 5) is 17.5. The Labute approximate surface area is 122 Å². The predicted octanol–water partition coefficient (Wildman–Crippen LogP) is 1.79. The van der Waals surface area contributed by atoms with Crippen LogP contribution in [-0.2, 0) is 13.6 Å². The number of aromatic nitrogens is 1. The number of nitrogens with zero attached hydrogens (tertiary/aromatic N) is 1. The lowest BCUT2D eigenvalue weighted by atomic mass is 10.1. The summed E-state index contributed by atoms with van der Waals surface area (Å²) in [6.07, 6.45) is 0. The maximum absolute atomic E-state index is 12.9. The van der Waals surface area contributed by atoms with E-state index < -0.39 is 7.60 Å². The highest BCUT2D eigenvalue weighted by atomic mass is 31.2. The van der Waals surface area contributed by atoms with Gasteiger partial charge in [0.2, 0.25) is 0 Å². The van der Waals surface area contributed by atoms with Crippen molar-refractivity contribution >= 4 is 23.7 Å². The highest BCUT2D eigenvalue weighted by molar-refractivity contribution is 7.62. The standard InChI is InChI=1S/C14H18NO5P/c1-9-6-7-11-12(8-9)13(21(17,19-4)20-5)10(2)15(18-3)14(11)16/h6-8H,1-5H3. The van der Waals surface area contributed by atoms with Gasteiger partial charge in [0.1, 0.15) is 7.11 Å². The normalized spacial score (nSPS) is 11.9. The molecule has 114 valence electrons. The molecule has 0 radical (unpaired) electrons. The summed E-state index contributed by atoms with van der Waals surface area (Å²) in [5.41, 5.74) is 1.02. The van der Waals surface area contributed by atoms with Gasteiger partial charge >= 0.3 is 7.60 Å². The molecule has 1 aromatic carbocycles. The molecule has 0 aliphatic rings. The maximum atomic E-state index is 12.9. The largest absolute Gasteiger partial charge is 0.414 e. The van der Waals surface area contributed by atoms with Gasteiger partial charge in [0.05, 0.1) is 16.4 Å². The van der Waals surface area contributed by atoms with Crippen LogP contribution in [0.4, 0.5) is 0 Å². The van der Waals surface area contributed by atoms with Crippen molar-refractivity contribution < 1.29 is 18.5 Å². The molecule has 0 saturated heterocycles. The fraction of sp³-hybridized carbons (Fsp3) is 0.357. The minimum absolute atomic E-state index is 0.312. The van der Waals surface area contributed by atoms with Crippen molar-refractivity contribution in [1.29, 1.82) is 0 Å². The van der Waals surface area contributed by atoms with E-state index in [0.717, 1.165) is 10.3 Å². The Hall–Kier alpha value is -1.62. The van der Waals surface area contributed by atoms with Gasteiger partial charge in [-0.05, 0) is 19.9 Å². The molecule has 0 N–H and O–H groups in total. The Morgan fingerprint density at radius 3 is 2.19 bits per heavy atom. The molecule has 0 unspecified atom stereocenters. The third-order valence-electron chi connectivity index (χ3n) is 3.43. The van der Waals surface area contributed by atoms with Gasteiger partial charge < -0.3 is 13.9 Å². The summed E-state index contributed by atoms with van der Waals surface area (Å²) in [7, 11) is 0.468. The molecular weight excluding hydrogens is 293 g/mol. The molecule has 0 atom stereocenters. The number of fused-ring (bicyclic) bond motifs is 1. The van der Waals surface area contributed by atoms with Crippen molar-refractivity contribution in [1.82, 2.24) is 4.73 Å². The Kier molecular flexibility index (Phi) is 4.23. The minimum Gasteiger partial charge on any atom is -0.414 e. The van der Waals surface area contributed by atoms with Gasteiger partial charge in [0.15, 0.2) is 0 Å². The number of aryl methyl sites for hydroxylation is 1. The molecule has 21 heavy (non-hydrogen) atoms. The smallest absolute Gasteiger partial charge is 0.363 e. The first-order valence-corrected chi connectivity index (χ1v) is 7.86. The summed E-state index contributed by atoms with van der Waals surface area (Å²) >= 11 is 0. The van der Waals surface area contributed by atoms with Crippen LogP contribution in [0.3, 0.4) is 0 Å². The molecule has 1 heterocycles. The van der Waals surface area contributed by atoms with Crippen molar-refractivity contribution in [3.63, 3.8) is 0 Å². The second-order valence-corrected chi connectivity index (χ2v) is 6.80. The molecule has 0 bridgehead atoms. The van der Waals surface area contributed by atoms with E-state index in [9.17, 15) is 9.36 Å². The first kappa shape index (κ1) is 15.8. The lowest BCUT2D eigenvalue weighted by Gasteiger charge is -2.20. The average Bonchev–Trinajstić information content (AvgIpc) is 2.47. The fourth-order valence-electron chi connectivity index (χ4n) is 2.42. The van der Waals surface area contributed by atoms with E-state index in [0.29, 0.717) is 21.8 Å². The van der Waals surface area contributed by atoms with Crippen LogP contribution in [-0.4, -0.2) is 26.1 Å². The Bertz CT molecular complexity index is 788. The van der Waals surface area contributed by atoms with Crippen LogP contribution in [0, 0.1) is 13.8 Å². The van der Waals surface area contributed by atoms with Crippen LogP contribution in [0.5, 0.6) is 0 Å². The summed E-state index contributed by atoms with van der Waals surface area (Å²) < 4.78 is 24.2. The molecule has 2 rings (SSSR count). The van der Waals surface area contributed by atoms with E-state index >= 15 is 0 Å². The molecule has 0 aliphatic carbocycles. The van der Waals surface area contributed by atoms with E-state index in [1.807, 2.05) is 13.0 Å². The van der Waals surface area contributed by atoms with Crippen molar-refractivity contribution in [3.05, 3.63) is 39.8 Å². The zero-order valence-electron chi connectivity index (χ0n) is 12.7. The van der Waals surface area contributed by atoms with Gasteiger partial charge in [-0.25, -0.2) is 0 Å². The van der Waals surface area contributed by atoms with E-state index in [-0.39, 0.29) is 5.56 Å². The first-order valence-electron chi connectivity index (χ1n) is 6.32. The molecule has 7 heteroatoms. The van der Waals surface area contributed by atoms with E-state index in [1.54, 1.807) is 19.1 Å². The number of hydrogen-bond donors (Lipinski definition) is 0. The lowest BCUT2D eigenvalue weighted by molar-refractivity contribution is 0.153. The highest BCUT2D eigenvalue weighted by Crippen LogP contribution is 2.47. The number of pyridine rings is 1. The summed E-state index contributed by atoms with van der Waals surface area (Å²) in [5, 5.41) is 1.29. The quantitative estimate of drug-likeness (QED) is 0.805. The van der Waals surface area contributed by atoms with Gasteiger partial charge in [-0.15, -0.1) is 4.73 Å². The van der Waals surface area contributed by atoms with Crippen LogP contribution in [0.1, 0.15) is 11.3 Å². The molecule has 0 aliphatic heterocycles. The second-order valence-electron chi connectivity index (χ2n) is 4.63. The van der Waals surface area contributed by atoms with Gasteiger partial charge in [-0.3, -0.25) is 9.36 Å². The maximum Gasteiger partial charge on any atom is 0.363 e. The highest BCUT2D eigenvalue weighted by Gasteiger charge is 2.32. The van der Waals surface area contributed by atoms with Crippen LogP contribution in [0.25, 0.3) is 10.8 Å². The number of hydrogen-bond acceptors (Lipinski definition) is 5. The molecule has 0 amide bonds. The molecule has 2 aromatic rings. The monoisotopic (exact) mass is 311 g/mol. The number of benzene rings is 1. The first-order chi connectivity index (χ1) is 9.89. The Morgan fingerprint density at radius 2 is 1.67 bits per heavy atom. The average molecular weight is 311 g/mol. The van der Waals surface area contributed by atoms with E-state index in [4.69, 9.17) is 13.9 Å². The number of rotatable bonds is 4. The summed E-state index contributed by atoms with van der Waals surface area (Å²) in [6.45, 7) is 3.54. The lowest BCUT2D eigenvalue weighted by Crippen LogP contribution is -2.33. The fourth-order valence-corrected chi connectivity index (χ4v) is 3.90. The van der Waals surface area contributed by atoms with E-state index in [1.165, 1.54) is 21.3 Å². The third kappa shape index (κ3) is 2.39. The molecule has 0 spiro atoms. The van der Waals surface area contributed by atoms with Crippen LogP contribution >= 0.6 is 7.60 Å². The van der Waals surface area contributed by atoms with Crippen molar-refractivity contribution in [2.24, 2.45) is 0 Å². The van der Waals surface area contributed by atoms with Crippen molar-refractivity contribution in [2.45, 2.75) is 13.8 Å². The molecular formula is C14H18NO5P. The summed E-state index contributed by atoms with van der Waals surface area (Å²) in [5.74, 6) is 0. The van der Waals surface area contributed by atoms with E-state index in [2.05, 4.69) is 0 Å². The van der Waals surface area contributed by atoms with Gasteiger partial charge in [0.25, 0.3) is 5.56 Å². The minimum atomic E-state index is -3.54. The Morgan fingerprint density at radius 1 is 1.05 bits per heavy atom. The van der Waals surface area contributed by atoms with Gasteiger partial charge in [-0.1, -0.05) is 17.7 Å². The van der Waals surface area contributed by atoms with Crippen molar-refractivity contribution in [2.75, 3.05) is 21.3 Å². The zero-order valence-corrected chi connectivity index (χ0v) is 13.6.